The molecule has 1 aromatic heterocycles. The van der Waals surface area contributed by atoms with Crippen LogP contribution in [0.25, 0.3) is 15.9 Å². The summed E-state index contributed by atoms with van der Waals surface area (Å²) in [6.45, 7) is 9.29. The van der Waals surface area contributed by atoms with Crippen LogP contribution in [0.1, 0.15) is 61.5 Å². The van der Waals surface area contributed by atoms with Gasteiger partial charge in [-0.2, -0.15) is 5.10 Å². The third-order valence-electron chi connectivity index (χ3n) is 7.52. The third-order valence-corrected chi connectivity index (χ3v) is 7.99. The van der Waals surface area contributed by atoms with E-state index in [1.165, 1.54) is 16.5 Å². The van der Waals surface area contributed by atoms with Gasteiger partial charge in [-0.15, -0.1) is 0 Å². The van der Waals surface area contributed by atoms with Crippen LogP contribution in [0.2, 0.25) is 0 Å². The number of nitrogens with zero attached hydrogens (tertiary/aromatic N) is 3. The molecule has 0 unspecified atom stereocenters. The average Bonchev–Trinajstić information content (AvgIpc) is 3.21. The van der Waals surface area contributed by atoms with Gasteiger partial charge in [-0.1, -0.05) is 17.7 Å². The van der Waals surface area contributed by atoms with Gasteiger partial charge in [0.05, 0.1) is 17.1 Å². The number of hydrogen-bond donors (Lipinski definition) is 1. The lowest BCUT2D eigenvalue weighted by Crippen LogP contribution is -2.37. The number of hydrogen-bond acceptors (Lipinski definition) is 4. The number of carboxylic acids is 1. The van der Waals surface area contributed by atoms with Gasteiger partial charge < -0.3 is 9.84 Å². The highest BCUT2D eigenvalue weighted by molar-refractivity contribution is 6.49. The molecule has 0 spiro atoms. The highest BCUT2D eigenvalue weighted by atomic mass is 35.5. The fraction of sp³-hybridized carbons (Fsp3) is 0.448. The highest BCUT2D eigenvalue weighted by Gasteiger charge is 2.26. The first-order valence-electron chi connectivity index (χ1n) is 12.9. The molecule has 0 bridgehead atoms. The molecule has 5 rings (SSSR count). The monoisotopic (exact) mass is 507 g/mol. The zero-order chi connectivity index (χ0) is 25.4. The molecule has 2 heterocycles. The summed E-state index contributed by atoms with van der Waals surface area (Å²) in [5.41, 5.74) is 6.87. The molecular formula is C29H34ClN3O3. The van der Waals surface area contributed by atoms with E-state index in [4.69, 9.17) is 16.3 Å². The van der Waals surface area contributed by atoms with Gasteiger partial charge in [0.1, 0.15) is 12.4 Å². The Hall–Kier alpha value is -2.83. The second-order valence-electron chi connectivity index (χ2n) is 10.4. The molecule has 0 radical (unpaired) electrons. The molecule has 0 amide bonds. The van der Waals surface area contributed by atoms with Gasteiger partial charge in [0.25, 0.3) is 0 Å². The van der Waals surface area contributed by atoms with Crippen LogP contribution in [0, 0.1) is 12.8 Å². The Labute approximate surface area is 217 Å². The zero-order valence-corrected chi connectivity index (χ0v) is 22.0. The minimum atomic E-state index is -0.672. The standard InChI is InChI=1S/C29H34ClN3O3/c1-18(2)33-27-9-4-20(14-26(27)19(3)31-33)17-36-24-7-8-25-22(15-24)5-6-23(28(25)30)16-32-12-10-21(11-13-32)29(34)35/h4,7-9,14-15,18,21H,5-6,10-13,16-17H2,1-3H3,(H,34,35). The first kappa shape index (κ1) is 24.8. The summed E-state index contributed by atoms with van der Waals surface area (Å²) in [6, 6.07) is 13.0. The summed E-state index contributed by atoms with van der Waals surface area (Å²) in [4.78, 5) is 13.6. The van der Waals surface area contributed by atoms with E-state index in [9.17, 15) is 9.90 Å². The van der Waals surface area contributed by atoms with E-state index < -0.39 is 5.97 Å². The van der Waals surface area contributed by atoms with Crippen LogP contribution in [0.15, 0.2) is 42.0 Å². The Morgan fingerprint density at radius 1 is 1.17 bits per heavy atom. The normalized spacial score (nSPS) is 17.1. The molecule has 190 valence electrons. The number of likely N-dealkylation sites (tertiary alicyclic amines) is 1. The maximum Gasteiger partial charge on any atom is 0.306 e. The first-order valence-corrected chi connectivity index (χ1v) is 13.2. The van der Waals surface area contributed by atoms with E-state index in [0.29, 0.717) is 25.5 Å². The average molecular weight is 508 g/mol. The number of rotatable bonds is 7. The highest BCUT2D eigenvalue weighted by Crippen LogP contribution is 2.37. The predicted octanol–water partition coefficient (Wildman–Crippen LogP) is 6.20. The smallest absolute Gasteiger partial charge is 0.306 e. The number of fused-ring (bicyclic) bond motifs is 2. The molecule has 0 saturated carbocycles. The molecule has 3 aromatic rings. The molecule has 36 heavy (non-hydrogen) atoms. The topological polar surface area (TPSA) is 67.6 Å². The van der Waals surface area contributed by atoms with Gasteiger partial charge >= 0.3 is 5.97 Å². The van der Waals surface area contributed by atoms with Crippen LogP contribution >= 0.6 is 11.6 Å². The van der Waals surface area contributed by atoms with E-state index in [1.54, 1.807) is 0 Å². The molecule has 0 atom stereocenters. The van der Waals surface area contributed by atoms with Crippen molar-refractivity contribution in [2.24, 2.45) is 5.92 Å². The van der Waals surface area contributed by atoms with E-state index in [-0.39, 0.29) is 5.92 Å². The van der Waals surface area contributed by atoms with Crippen molar-refractivity contribution >= 4 is 33.5 Å². The van der Waals surface area contributed by atoms with E-state index in [1.807, 2.05) is 6.07 Å². The Bertz CT molecular complexity index is 1320. The van der Waals surface area contributed by atoms with Crippen LogP contribution < -0.4 is 4.74 Å². The number of aryl methyl sites for hydroxylation is 2. The summed E-state index contributed by atoms with van der Waals surface area (Å²) in [5, 5.41) is 15.9. The summed E-state index contributed by atoms with van der Waals surface area (Å²) >= 11 is 6.84. The van der Waals surface area contributed by atoms with Gasteiger partial charge in [0, 0.05) is 23.0 Å². The second kappa shape index (κ2) is 10.3. The minimum Gasteiger partial charge on any atom is -0.489 e. The maximum absolute atomic E-state index is 11.2. The Morgan fingerprint density at radius 2 is 1.94 bits per heavy atom. The van der Waals surface area contributed by atoms with Gasteiger partial charge in [-0.25, -0.2) is 0 Å². The van der Waals surface area contributed by atoms with Crippen molar-refractivity contribution in [2.45, 2.75) is 59.1 Å². The maximum atomic E-state index is 11.2. The van der Waals surface area contributed by atoms with Crippen LogP contribution in [-0.2, 0) is 17.8 Å². The molecular weight excluding hydrogens is 474 g/mol. The van der Waals surface area contributed by atoms with Crippen LogP contribution in [-0.4, -0.2) is 45.4 Å². The van der Waals surface area contributed by atoms with Crippen molar-refractivity contribution in [1.29, 1.82) is 0 Å². The molecule has 1 saturated heterocycles. The van der Waals surface area contributed by atoms with Crippen molar-refractivity contribution in [3.05, 3.63) is 64.4 Å². The lowest BCUT2D eigenvalue weighted by atomic mass is 9.90. The van der Waals surface area contributed by atoms with Crippen LogP contribution in [0.3, 0.4) is 0 Å². The number of benzene rings is 2. The van der Waals surface area contributed by atoms with Crippen molar-refractivity contribution in [2.75, 3.05) is 19.6 Å². The summed E-state index contributed by atoms with van der Waals surface area (Å²) < 4.78 is 8.24. The SMILES string of the molecule is Cc1nn(C(C)C)c2ccc(COc3ccc4c(c3)CCC(CN3CCC(C(=O)O)CC3)=C4Cl)cc12. The van der Waals surface area contributed by atoms with Crippen molar-refractivity contribution in [3.8, 4) is 5.75 Å². The van der Waals surface area contributed by atoms with Gasteiger partial charge in [0.2, 0.25) is 0 Å². The van der Waals surface area contributed by atoms with Crippen molar-refractivity contribution in [3.63, 3.8) is 0 Å². The molecule has 1 N–H and O–H groups in total. The number of piperidine rings is 1. The number of ether oxygens (including phenoxy) is 1. The Kier molecular flexibility index (Phi) is 7.09. The van der Waals surface area contributed by atoms with Crippen LogP contribution in [0.4, 0.5) is 0 Å². The predicted molar refractivity (Wildman–Crippen MR) is 144 cm³/mol. The van der Waals surface area contributed by atoms with Gasteiger partial charge in [-0.3, -0.25) is 14.4 Å². The molecule has 2 aromatic carbocycles. The summed E-state index contributed by atoms with van der Waals surface area (Å²) in [6.07, 6.45) is 3.28. The van der Waals surface area contributed by atoms with E-state index >= 15 is 0 Å². The first-order chi connectivity index (χ1) is 17.3. The number of halogens is 1. The summed E-state index contributed by atoms with van der Waals surface area (Å²) in [5.74, 6) is -0.0265. The lowest BCUT2D eigenvalue weighted by Gasteiger charge is -2.32. The zero-order valence-electron chi connectivity index (χ0n) is 21.3. The largest absolute Gasteiger partial charge is 0.489 e. The fourth-order valence-electron chi connectivity index (χ4n) is 5.42. The number of aromatic nitrogens is 2. The van der Waals surface area contributed by atoms with Crippen LogP contribution in [0.5, 0.6) is 5.75 Å². The molecule has 1 aliphatic carbocycles. The molecule has 7 heteroatoms. The van der Waals surface area contributed by atoms with Crippen molar-refractivity contribution in [1.82, 2.24) is 14.7 Å². The Balaban J connectivity index is 1.25. The van der Waals surface area contributed by atoms with Gasteiger partial charge in [-0.05, 0) is 112 Å². The number of aliphatic carboxylic acids is 1. The minimum absolute atomic E-state index is 0.208. The number of carbonyl (C=O) groups is 1. The van der Waals surface area contributed by atoms with E-state index in [2.05, 4.69) is 65.8 Å². The summed E-state index contributed by atoms with van der Waals surface area (Å²) in [7, 11) is 0. The van der Waals surface area contributed by atoms with E-state index in [0.717, 1.165) is 65.6 Å². The molecule has 2 aliphatic rings. The molecule has 1 fully saturated rings. The Morgan fingerprint density at radius 3 is 2.67 bits per heavy atom. The lowest BCUT2D eigenvalue weighted by molar-refractivity contribution is -0.143. The molecule has 1 aliphatic heterocycles. The van der Waals surface area contributed by atoms with Crippen molar-refractivity contribution < 1.29 is 14.6 Å². The molecule has 6 nitrogen and oxygen atoms in total. The fourth-order valence-corrected chi connectivity index (χ4v) is 5.75. The third kappa shape index (κ3) is 5.02. The number of carboxylic acid groups (broad SMARTS) is 1. The quantitative estimate of drug-likeness (QED) is 0.412. The second-order valence-corrected chi connectivity index (χ2v) is 10.8. The van der Waals surface area contributed by atoms with Gasteiger partial charge in [0.15, 0.2) is 0 Å².